The zero-order chi connectivity index (χ0) is 13.7. The average Bonchev–Trinajstić information content (AvgIpc) is 1.76. The van der Waals surface area contributed by atoms with Crippen molar-refractivity contribution in [3.63, 3.8) is 0 Å². The van der Waals surface area contributed by atoms with Gasteiger partial charge in [-0.05, 0) is 9.14 Å². The van der Waals surface area contributed by atoms with Crippen molar-refractivity contribution in [2.45, 2.75) is 38.9 Å². The molecule has 16 heavy (non-hydrogen) atoms. The van der Waals surface area contributed by atoms with Gasteiger partial charge in [0.25, 0.3) is 0 Å². The molecule has 0 atom stereocenters. The fraction of sp³-hybridized carbons (Fsp3) is 0.750. The van der Waals surface area contributed by atoms with E-state index in [4.69, 9.17) is 0 Å². The molecule has 0 aromatic carbocycles. The molecular weight excluding hydrogens is 331 g/mol. The highest BCUT2D eigenvalue weighted by Gasteiger charge is 2.62. The molecule has 0 aliphatic rings. The second kappa shape index (κ2) is 3.26. The van der Waals surface area contributed by atoms with E-state index < -0.39 is 32.8 Å². The summed E-state index contributed by atoms with van der Waals surface area (Å²) in [7, 11) is -12.1. The fourth-order valence-electron chi connectivity index (χ4n) is 0.701. The lowest BCUT2D eigenvalue weighted by molar-refractivity contribution is 0.384. The van der Waals surface area contributed by atoms with E-state index in [1.807, 2.05) is 0 Å². The summed E-state index contributed by atoms with van der Waals surface area (Å²) in [5.41, 5.74) is 0. The van der Waals surface area contributed by atoms with Crippen LogP contribution >= 0.6 is 26.2 Å². The standard InChI is InChI=1S/C8H16BrF5SSi/c1-8(2,3)16(4,5)7(9)6-15(10,11,12,13)14/h6H,1-5H3. The van der Waals surface area contributed by atoms with Gasteiger partial charge in [0.2, 0.25) is 0 Å². The lowest BCUT2D eigenvalue weighted by Crippen LogP contribution is -2.38. The van der Waals surface area contributed by atoms with Crippen molar-refractivity contribution in [1.82, 2.24) is 0 Å². The average molecular weight is 347 g/mol. The molecule has 0 rings (SSSR count). The van der Waals surface area contributed by atoms with E-state index in [0.29, 0.717) is 0 Å². The van der Waals surface area contributed by atoms with Crippen LogP contribution in [0.3, 0.4) is 0 Å². The lowest BCUT2D eigenvalue weighted by Gasteiger charge is -2.42. The Labute approximate surface area is 102 Å². The van der Waals surface area contributed by atoms with Crippen LogP contribution in [-0.4, -0.2) is 8.07 Å². The summed E-state index contributed by atoms with van der Waals surface area (Å²) >= 11 is 2.69. The third-order valence-corrected chi connectivity index (χ3v) is 12.3. The van der Waals surface area contributed by atoms with Crippen LogP contribution in [0.4, 0.5) is 19.4 Å². The van der Waals surface area contributed by atoms with Crippen molar-refractivity contribution < 1.29 is 19.4 Å². The number of halogens is 6. The monoisotopic (exact) mass is 346 g/mol. The summed E-state index contributed by atoms with van der Waals surface area (Å²) in [5, 5.41) is -1.23. The van der Waals surface area contributed by atoms with E-state index in [-0.39, 0.29) is 0 Å². The fourth-order valence-corrected chi connectivity index (χ4v) is 6.50. The topological polar surface area (TPSA) is 0 Å². The molecule has 0 aliphatic carbocycles. The Bertz CT molecular complexity index is 323. The Morgan fingerprint density at radius 1 is 1.06 bits per heavy atom. The van der Waals surface area contributed by atoms with E-state index in [9.17, 15) is 19.4 Å². The molecule has 0 N–H and O–H groups in total. The van der Waals surface area contributed by atoms with Crippen molar-refractivity contribution in [2.75, 3.05) is 0 Å². The van der Waals surface area contributed by atoms with Gasteiger partial charge in [0, 0.05) is 0 Å². The molecule has 0 spiro atoms. The van der Waals surface area contributed by atoms with Gasteiger partial charge >= 0.3 is 10.2 Å². The summed E-state index contributed by atoms with van der Waals surface area (Å²) in [6.45, 7) is 8.49. The van der Waals surface area contributed by atoms with E-state index in [1.54, 1.807) is 33.9 Å². The maximum absolute atomic E-state index is 12.3. The second-order valence-corrected chi connectivity index (χ2v) is 14.5. The van der Waals surface area contributed by atoms with Crippen LogP contribution in [0.15, 0.2) is 9.51 Å². The molecule has 0 fully saturated rings. The Morgan fingerprint density at radius 2 is 1.38 bits per heavy atom. The van der Waals surface area contributed by atoms with Gasteiger partial charge in [0.1, 0.15) is 0 Å². The van der Waals surface area contributed by atoms with Gasteiger partial charge < -0.3 is 0 Å². The van der Waals surface area contributed by atoms with Crippen molar-refractivity contribution in [1.29, 1.82) is 0 Å². The van der Waals surface area contributed by atoms with Gasteiger partial charge in [0.05, 0.1) is 13.5 Å². The molecule has 0 bridgehead atoms. The van der Waals surface area contributed by atoms with Gasteiger partial charge in [-0.25, -0.2) is 0 Å². The minimum atomic E-state index is -9.48. The number of rotatable bonds is 2. The highest BCUT2D eigenvalue weighted by molar-refractivity contribution is 9.12. The molecule has 100 valence electrons. The van der Waals surface area contributed by atoms with E-state index >= 15 is 0 Å². The Morgan fingerprint density at radius 3 is 1.56 bits per heavy atom. The molecule has 0 aliphatic heterocycles. The third-order valence-electron chi connectivity index (χ3n) is 2.80. The van der Waals surface area contributed by atoms with Crippen LogP contribution in [0.2, 0.25) is 18.1 Å². The number of hydrogen-bond donors (Lipinski definition) is 0. The quantitative estimate of drug-likeness (QED) is 0.391. The maximum atomic E-state index is 12.3. The summed E-state index contributed by atoms with van der Waals surface area (Å²) in [6.07, 6.45) is 0. The Hall–Kier alpha value is 0.437. The molecule has 8 heteroatoms. The smallest absolute Gasteiger partial charge is 0.0942 e. The van der Waals surface area contributed by atoms with Crippen molar-refractivity contribution >= 4 is 34.2 Å². The van der Waals surface area contributed by atoms with Crippen LogP contribution in [0.1, 0.15) is 20.8 Å². The van der Waals surface area contributed by atoms with Gasteiger partial charge in [-0.1, -0.05) is 69.2 Å². The van der Waals surface area contributed by atoms with Crippen LogP contribution in [0.5, 0.6) is 0 Å². The minimum Gasteiger partial charge on any atom is -0.0942 e. The third kappa shape index (κ3) is 5.18. The molecule has 0 saturated heterocycles. The normalized spacial score (nSPS) is 20.3. The van der Waals surface area contributed by atoms with Crippen molar-refractivity contribution in [3.05, 3.63) is 9.51 Å². The van der Waals surface area contributed by atoms with E-state index in [0.717, 1.165) is 0 Å². The largest absolute Gasteiger partial charge is 0.304 e. The maximum Gasteiger partial charge on any atom is 0.304 e. The molecule has 0 unspecified atom stereocenters. The van der Waals surface area contributed by atoms with Gasteiger partial charge in [-0.2, -0.15) is 0 Å². The summed E-state index contributed by atoms with van der Waals surface area (Å²) < 4.78 is 61.1. The zero-order valence-corrected chi connectivity index (χ0v) is 13.2. The minimum absolute atomic E-state index is 0.397. The van der Waals surface area contributed by atoms with Crippen molar-refractivity contribution in [2.24, 2.45) is 0 Å². The van der Waals surface area contributed by atoms with Crippen molar-refractivity contribution in [3.8, 4) is 0 Å². The molecule has 0 amide bonds. The SMILES string of the molecule is CC(C)(C)[Si](C)(C)C(Br)=CS(F)(F)(F)(F)F. The zero-order valence-electron chi connectivity index (χ0n) is 9.75. The molecule has 0 saturated carbocycles. The predicted molar refractivity (Wildman–Crippen MR) is 67.3 cm³/mol. The first-order chi connectivity index (χ1) is 6.35. The van der Waals surface area contributed by atoms with Gasteiger partial charge in [0.15, 0.2) is 0 Å². The molecule has 0 heterocycles. The van der Waals surface area contributed by atoms with Crippen LogP contribution < -0.4 is 0 Å². The summed E-state index contributed by atoms with van der Waals surface area (Å²) in [5.74, 6) is 0. The predicted octanol–water partition coefficient (Wildman–Crippen LogP) is 6.57. The first kappa shape index (κ1) is 16.4. The summed E-state index contributed by atoms with van der Waals surface area (Å²) in [4.78, 5) is 0. The van der Waals surface area contributed by atoms with Crippen LogP contribution in [0.25, 0.3) is 0 Å². The molecular formula is C8H16BrF5SSi. The molecule has 0 radical (unpaired) electrons. The van der Waals surface area contributed by atoms with Crippen LogP contribution in [0, 0.1) is 0 Å². The molecule has 0 nitrogen and oxygen atoms in total. The van der Waals surface area contributed by atoms with E-state index in [1.165, 1.54) is 0 Å². The molecule has 0 aromatic heterocycles. The first-order valence-corrected chi connectivity index (χ1v) is 10.3. The highest BCUT2D eigenvalue weighted by atomic mass is 79.9. The lowest BCUT2D eigenvalue weighted by atomic mass is 10.2. The van der Waals surface area contributed by atoms with Crippen LogP contribution in [-0.2, 0) is 0 Å². The molecule has 0 aromatic rings. The number of hydrogen-bond acceptors (Lipinski definition) is 0. The Balaban J connectivity index is 5.60. The van der Waals surface area contributed by atoms with Gasteiger partial charge in [-0.3, -0.25) is 0 Å². The van der Waals surface area contributed by atoms with Gasteiger partial charge in [-0.15, -0.1) is 0 Å². The Kier molecular flexibility index (Phi) is 3.34. The second-order valence-electron chi connectivity index (χ2n) is 5.37. The first-order valence-electron chi connectivity index (χ1n) is 4.48. The summed E-state index contributed by atoms with van der Waals surface area (Å²) in [6, 6.07) is 0. The van der Waals surface area contributed by atoms with E-state index in [2.05, 4.69) is 15.9 Å². The highest BCUT2D eigenvalue weighted by Crippen LogP contribution is 2.99.